The quantitative estimate of drug-likeness (QED) is 0.847. The van der Waals surface area contributed by atoms with E-state index in [1.54, 1.807) is 12.1 Å². The van der Waals surface area contributed by atoms with Crippen molar-refractivity contribution >= 4 is 46.3 Å². The molecule has 100 valence electrons. The molecule has 0 spiro atoms. The van der Waals surface area contributed by atoms with Crippen LogP contribution in [-0.4, -0.2) is 17.1 Å². The van der Waals surface area contributed by atoms with Gasteiger partial charge in [0, 0.05) is 5.02 Å². The highest BCUT2D eigenvalue weighted by molar-refractivity contribution is 6.36. The van der Waals surface area contributed by atoms with E-state index in [2.05, 4.69) is 15.3 Å². The molecule has 7 heteroatoms. The molecule has 0 unspecified atom stereocenters. The number of aromatic nitrogens is 2. The summed E-state index contributed by atoms with van der Waals surface area (Å²) in [6, 6.07) is 3.48. The summed E-state index contributed by atoms with van der Waals surface area (Å²) in [7, 11) is 1.49. The topological polar surface area (TPSA) is 47.0 Å². The van der Waals surface area contributed by atoms with Crippen molar-refractivity contribution in [3.05, 3.63) is 39.2 Å². The highest BCUT2D eigenvalue weighted by Gasteiger charge is 2.12. The molecule has 1 N–H and O–H groups in total. The Morgan fingerprint density at radius 2 is 1.84 bits per heavy atom. The first-order valence-corrected chi connectivity index (χ1v) is 6.43. The second-order valence-corrected chi connectivity index (χ2v) is 4.92. The van der Waals surface area contributed by atoms with Crippen molar-refractivity contribution in [2.45, 2.75) is 6.92 Å². The van der Waals surface area contributed by atoms with Crippen LogP contribution in [0, 0.1) is 6.92 Å². The minimum absolute atomic E-state index is 0.217. The largest absolute Gasteiger partial charge is 0.490 e. The Labute approximate surface area is 125 Å². The Bertz CT molecular complexity index is 619. The number of halogens is 3. The molecule has 19 heavy (non-hydrogen) atoms. The molecule has 0 saturated heterocycles. The van der Waals surface area contributed by atoms with E-state index < -0.39 is 0 Å². The van der Waals surface area contributed by atoms with Crippen LogP contribution in [0.2, 0.25) is 15.2 Å². The molecular formula is C12H10Cl3N3O. The number of methoxy groups -OCH3 is 1. The average Bonchev–Trinajstić information content (AvgIpc) is 2.36. The molecular weight excluding hydrogens is 309 g/mol. The van der Waals surface area contributed by atoms with E-state index in [1.165, 1.54) is 13.4 Å². The number of hydrogen-bond donors (Lipinski definition) is 1. The average molecular weight is 319 g/mol. The van der Waals surface area contributed by atoms with E-state index in [1.807, 2.05) is 6.92 Å². The van der Waals surface area contributed by atoms with Crippen molar-refractivity contribution in [1.29, 1.82) is 0 Å². The van der Waals surface area contributed by atoms with E-state index in [4.69, 9.17) is 39.5 Å². The third-order valence-corrected chi connectivity index (χ3v) is 3.46. The molecule has 0 aliphatic heterocycles. The summed E-state index contributed by atoms with van der Waals surface area (Å²) < 4.78 is 5.15. The Kier molecular flexibility index (Phi) is 4.34. The van der Waals surface area contributed by atoms with Crippen LogP contribution in [0.5, 0.6) is 5.75 Å². The molecule has 0 radical (unpaired) electrons. The number of aryl methyl sites for hydroxylation is 1. The molecule has 1 aromatic carbocycles. The molecule has 0 aliphatic rings. The molecule has 0 saturated carbocycles. The van der Waals surface area contributed by atoms with E-state index in [0.717, 1.165) is 5.56 Å². The Morgan fingerprint density at radius 3 is 2.53 bits per heavy atom. The lowest BCUT2D eigenvalue weighted by Crippen LogP contribution is -2.00. The van der Waals surface area contributed by atoms with E-state index >= 15 is 0 Å². The molecule has 2 rings (SSSR count). The molecule has 1 heterocycles. The van der Waals surface area contributed by atoms with Crippen LogP contribution >= 0.6 is 34.8 Å². The summed E-state index contributed by atoms with van der Waals surface area (Å²) in [5.74, 6) is 0.765. The number of anilines is 2. The molecule has 2 aromatic rings. The number of nitrogens with one attached hydrogen (secondary N) is 1. The van der Waals surface area contributed by atoms with Crippen LogP contribution in [-0.2, 0) is 0 Å². The number of nitrogens with zero attached hydrogens (tertiary/aromatic N) is 2. The van der Waals surface area contributed by atoms with Crippen molar-refractivity contribution in [2.75, 3.05) is 12.4 Å². The third-order valence-electron chi connectivity index (χ3n) is 2.47. The van der Waals surface area contributed by atoms with Crippen LogP contribution in [0.1, 0.15) is 5.56 Å². The van der Waals surface area contributed by atoms with Crippen molar-refractivity contribution in [3.8, 4) is 5.75 Å². The molecule has 0 amide bonds. The molecule has 4 nitrogen and oxygen atoms in total. The number of rotatable bonds is 3. The highest BCUT2D eigenvalue weighted by Crippen LogP contribution is 2.35. The molecule has 0 atom stereocenters. The summed E-state index contributed by atoms with van der Waals surface area (Å²) in [5.41, 5.74) is 1.51. The number of ether oxygens (including phenoxy) is 1. The first kappa shape index (κ1) is 14.2. The van der Waals surface area contributed by atoms with Crippen LogP contribution in [0.4, 0.5) is 11.5 Å². The van der Waals surface area contributed by atoms with Crippen LogP contribution < -0.4 is 10.1 Å². The van der Waals surface area contributed by atoms with Gasteiger partial charge in [-0.25, -0.2) is 9.97 Å². The van der Waals surface area contributed by atoms with Crippen LogP contribution in [0.3, 0.4) is 0 Å². The zero-order valence-corrected chi connectivity index (χ0v) is 12.4. The second kappa shape index (κ2) is 5.82. The lowest BCUT2D eigenvalue weighted by Gasteiger charge is -2.12. The van der Waals surface area contributed by atoms with Crippen LogP contribution in [0.25, 0.3) is 0 Å². The maximum Gasteiger partial charge on any atom is 0.199 e. The van der Waals surface area contributed by atoms with Crippen LogP contribution in [0.15, 0.2) is 18.5 Å². The van der Waals surface area contributed by atoms with Crippen molar-refractivity contribution in [2.24, 2.45) is 0 Å². The summed E-state index contributed by atoms with van der Waals surface area (Å²) in [4.78, 5) is 7.90. The van der Waals surface area contributed by atoms with Gasteiger partial charge >= 0.3 is 0 Å². The van der Waals surface area contributed by atoms with Gasteiger partial charge in [0.25, 0.3) is 0 Å². The highest BCUT2D eigenvalue weighted by atomic mass is 35.5. The van der Waals surface area contributed by atoms with E-state index in [-0.39, 0.29) is 5.15 Å². The number of hydrogen-bond acceptors (Lipinski definition) is 4. The normalized spacial score (nSPS) is 10.4. The summed E-state index contributed by atoms with van der Waals surface area (Å²) in [6.07, 6.45) is 1.33. The lowest BCUT2D eigenvalue weighted by atomic mass is 10.2. The van der Waals surface area contributed by atoms with Crippen molar-refractivity contribution in [1.82, 2.24) is 9.97 Å². The minimum atomic E-state index is 0.217. The maximum atomic E-state index is 6.15. The first-order chi connectivity index (χ1) is 9.02. The molecule has 0 aliphatic carbocycles. The molecule has 1 aromatic heterocycles. The smallest absolute Gasteiger partial charge is 0.199 e. The summed E-state index contributed by atoms with van der Waals surface area (Å²) in [6.45, 7) is 1.88. The monoisotopic (exact) mass is 317 g/mol. The van der Waals surface area contributed by atoms with Gasteiger partial charge in [-0.05, 0) is 24.6 Å². The Balaban J connectivity index is 2.42. The zero-order chi connectivity index (χ0) is 14.0. The fraction of sp³-hybridized carbons (Fsp3) is 0.167. The Morgan fingerprint density at radius 1 is 1.11 bits per heavy atom. The van der Waals surface area contributed by atoms with Gasteiger partial charge in [0.2, 0.25) is 0 Å². The molecule has 0 bridgehead atoms. The fourth-order valence-corrected chi connectivity index (χ4v) is 2.13. The standard InChI is InChI=1S/C12H10Cl3N3O/c1-6-3-8(14)9(4-7(6)13)18-12-10(19-2)11(15)16-5-17-12/h3-5H,1-2H3,(H,16,17,18). The minimum Gasteiger partial charge on any atom is -0.490 e. The van der Waals surface area contributed by atoms with Gasteiger partial charge in [-0.3, -0.25) is 0 Å². The van der Waals surface area contributed by atoms with Gasteiger partial charge in [0.15, 0.2) is 16.7 Å². The van der Waals surface area contributed by atoms with Crippen molar-refractivity contribution < 1.29 is 4.74 Å². The first-order valence-electron chi connectivity index (χ1n) is 5.30. The predicted octanol–water partition coefficient (Wildman–Crippen LogP) is 4.50. The van der Waals surface area contributed by atoms with Gasteiger partial charge in [-0.2, -0.15) is 0 Å². The van der Waals surface area contributed by atoms with Gasteiger partial charge in [0.05, 0.1) is 17.8 Å². The lowest BCUT2D eigenvalue weighted by molar-refractivity contribution is 0.413. The molecule has 0 fully saturated rings. The van der Waals surface area contributed by atoms with Crippen molar-refractivity contribution in [3.63, 3.8) is 0 Å². The Hall–Kier alpha value is -1.23. The maximum absolute atomic E-state index is 6.15. The van der Waals surface area contributed by atoms with Gasteiger partial charge in [-0.15, -0.1) is 0 Å². The van der Waals surface area contributed by atoms with Gasteiger partial charge in [0.1, 0.15) is 6.33 Å². The number of benzene rings is 1. The third kappa shape index (κ3) is 3.03. The predicted molar refractivity (Wildman–Crippen MR) is 78.1 cm³/mol. The van der Waals surface area contributed by atoms with Gasteiger partial charge < -0.3 is 10.1 Å². The van der Waals surface area contributed by atoms with Gasteiger partial charge in [-0.1, -0.05) is 34.8 Å². The SMILES string of the molecule is COc1c(Cl)ncnc1Nc1cc(Cl)c(C)cc1Cl. The zero-order valence-electron chi connectivity index (χ0n) is 10.2. The van der Waals surface area contributed by atoms with E-state index in [9.17, 15) is 0 Å². The van der Waals surface area contributed by atoms with E-state index in [0.29, 0.717) is 27.3 Å². The fourth-order valence-electron chi connectivity index (χ4n) is 1.49. The summed E-state index contributed by atoms with van der Waals surface area (Å²) >= 11 is 18.1. The summed E-state index contributed by atoms with van der Waals surface area (Å²) in [5, 5.41) is 4.37. The second-order valence-electron chi connectivity index (χ2n) is 3.75.